The van der Waals surface area contributed by atoms with Crippen molar-refractivity contribution in [3.8, 4) is 6.07 Å². The molecular weight excluding hydrogens is 214 g/mol. The van der Waals surface area contributed by atoms with Gasteiger partial charge in [0.15, 0.2) is 4.34 Å². The average Bonchev–Trinajstić information content (AvgIpc) is 2.51. The molecule has 0 aliphatic heterocycles. The van der Waals surface area contributed by atoms with Gasteiger partial charge in [-0.3, -0.25) is 0 Å². The fourth-order valence-corrected chi connectivity index (χ4v) is 2.94. The van der Waals surface area contributed by atoms with Crippen molar-refractivity contribution < 1.29 is 0 Å². The topological polar surface area (TPSA) is 49.6 Å². The number of nitriles is 1. The number of thioether (sulfide) groups is 1. The van der Waals surface area contributed by atoms with E-state index < -0.39 is 0 Å². The zero-order chi connectivity index (χ0) is 10.6. The molecule has 1 aromatic heterocycles. The number of nitrogens with zero attached hydrogens (tertiary/aromatic N) is 3. The average molecular weight is 227 g/mol. The lowest BCUT2D eigenvalue weighted by molar-refractivity contribution is 0.482. The maximum atomic E-state index is 8.81. The van der Waals surface area contributed by atoms with Gasteiger partial charge in [-0.15, -0.1) is 10.2 Å². The summed E-state index contributed by atoms with van der Waals surface area (Å²) in [5.41, 5.74) is -0.229. The van der Waals surface area contributed by atoms with E-state index in [4.69, 9.17) is 5.26 Å². The van der Waals surface area contributed by atoms with E-state index in [1.54, 1.807) is 23.1 Å². The monoisotopic (exact) mass is 227 g/mol. The molecule has 0 unspecified atom stereocenters. The molecule has 0 aromatic carbocycles. The molecule has 0 aliphatic carbocycles. The first-order chi connectivity index (χ1) is 6.53. The van der Waals surface area contributed by atoms with Crippen LogP contribution in [0, 0.1) is 23.7 Å². The Bertz CT molecular complexity index is 338. The molecule has 0 N–H and O–H groups in total. The minimum atomic E-state index is -0.229. The van der Waals surface area contributed by atoms with Crippen LogP contribution < -0.4 is 0 Å². The van der Waals surface area contributed by atoms with Gasteiger partial charge < -0.3 is 0 Å². The van der Waals surface area contributed by atoms with Crippen molar-refractivity contribution >= 4 is 23.1 Å². The molecule has 0 saturated heterocycles. The van der Waals surface area contributed by atoms with Gasteiger partial charge >= 0.3 is 0 Å². The van der Waals surface area contributed by atoms with Crippen LogP contribution in [0.2, 0.25) is 0 Å². The highest BCUT2D eigenvalue weighted by Crippen LogP contribution is 2.27. The lowest BCUT2D eigenvalue weighted by Gasteiger charge is -2.12. The molecule has 0 amide bonds. The van der Waals surface area contributed by atoms with Crippen LogP contribution >= 0.6 is 23.1 Å². The Morgan fingerprint density at radius 3 is 2.71 bits per heavy atom. The van der Waals surface area contributed by atoms with E-state index in [1.165, 1.54) is 0 Å². The Balaban J connectivity index is 2.33. The van der Waals surface area contributed by atoms with Crippen LogP contribution in [-0.2, 0) is 0 Å². The van der Waals surface area contributed by atoms with Crippen LogP contribution in [0.1, 0.15) is 25.3 Å². The SMILES string of the molecule is Cc1nnc(SCCC(C)(C)C#N)s1. The minimum absolute atomic E-state index is 0.229. The van der Waals surface area contributed by atoms with Crippen molar-refractivity contribution in [3.05, 3.63) is 5.01 Å². The lowest BCUT2D eigenvalue weighted by Crippen LogP contribution is -2.08. The van der Waals surface area contributed by atoms with Gasteiger partial charge in [0.25, 0.3) is 0 Å². The van der Waals surface area contributed by atoms with Crippen molar-refractivity contribution in [2.24, 2.45) is 5.41 Å². The molecule has 0 radical (unpaired) electrons. The quantitative estimate of drug-likeness (QED) is 0.742. The summed E-state index contributed by atoms with van der Waals surface area (Å²) in [5, 5.41) is 17.7. The Kier molecular flexibility index (Phi) is 3.90. The zero-order valence-corrected chi connectivity index (χ0v) is 10.2. The summed E-state index contributed by atoms with van der Waals surface area (Å²) in [5.74, 6) is 0.926. The van der Waals surface area contributed by atoms with Crippen molar-refractivity contribution in [2.75, 3.05) is 5.75 Å². The van der Waals surface area contributed by atoms with E-state index in [-0.39, 0.29) is 5.41 Å². The van der Waals surface area contributed by atoms with E-state index in [2.05, 4.69) is 16.3 Å². The van der Waals surface area contributed by atoms with Gasteiger partial charge in [-0.1, -0.05) is 23.1 Å². The highest BCUT2D eigenvalue weighted by Gasteiger charge is 2.16. The summed E-state index contributed by atoms with van der Waals surface area (Å²) in [6.45, 7) is 5.86. The molecule has 14 heavy (non-hydrogen) atoms. The molecule has 0 saturated carbocycles. The summed E-state index contributed by atoms with van der Waals surface area (Å²) >= 11 is 3.28. The second kappa shape index (κ2) is 4.76. The normalized spacial score (nSPS) is 11.3. The number of aryl methyl sites for hydroxylation is 1. The predicted octanol–water partition coefficient (Wildman–Crippen LogP) is 2.88. The Labute approximate surface area is 92.5 Å². The van der Waals surface area contributed by atoms with Gasteiger partial charge in [0.1, 0.15) is 5.01 Å². The first-order valence-electron chi connectivity index (χ1n) is 4.38. The number of hydrogen-bond acceptors (Lipinski definition) is 5. The molecule has 0 atom stereocenters. The minimum Gasteiger partial charge on any atom is -0.198 e. The third-order valence-electron chi connectivity index (χ3n) is 1.76. The molecular formula is C9H13N3S2. The molecule has 1 rings (SSSR count). The van der Waals surface area contributed by atoms with Crippen LogP contribution in [0.25, 0.3) is 0 Å². The van der Waals surface area contributed by atoms with Crippen LogP contribution in [0.3, 0.4) is 0 Å². The summed E-state index contributed by atoms with van der Waals surface area (Å²) in [4.78, 5) is 0. The summed E-state index contributed by atoms with van der Waals surface area (Å²) in [6.07, 6.45) is 0.882. The van der Waals surface area contributed by atoms with Crippen LogP contribution in [-0.4, -0.2) is 16.0 Å². The third kappa shape index (κ3) is 3.64. The molecule has 3 nitrogen and oxygen atoms in total. The van der Waals surface area contributed by atoms with Crippen molar-refractivity contribution in [1.82, 2.24) is 10.2 Å². The number of aromatic nitrogens is 2. The third-order valence-corrected chi connectivity index (χ3v) is 3.74. The highest BCUT2D eigenvalue weighted by atomic mass is 32.2. The van der Waals surface area contributed by atoms with Crippen molar-refractivity contribution in [1.29, 1.82) is 5.26 Å². The van der Waals surface area contributed by atoms with Gasteiger partial charge in [-0.2, -0.15) is 5.26 Å². The van der Waals surface area contributed by atoms with E-state index in [9.17, 15) is 0 Å². The summed E-state index contributed by atoms with van der Waals surface area (Å²) in [6, 6.07) is 2.29. The molecule has 1 heterocycles. The van der Waals surface area contributed by atoms with E-state index in [1.807, 2.05) is 20.8 Å². The Morgan fingerprint density at radius 2 is 2.21 bits per heavy atom. The Hall–Kier alpha value is -0.600. The number of hydrogen-bond donors (Lipinski definition) is 0. The molecule has 0 fully saturated rings. The maximum absolute atomic E-state index is 8.81. The van der Waals surface area contributed by atoms with Crippen molar-refractivity contribution in [3.63, 3.8) is 0 Å². The van der Waals surface area contributed by atoms with Crippen LogP contribution in [0.4, 0.5) is 0 Å². The predicted molar refractivity (Wildman–Crippen MR) is 59.4 cm³/mol. The highest BCUT2D eigenvalue weighted by molar-refractivity contribution is 8.01. The fourth-order valence-electron chi connectivity index (χ4n) is 0.786. The second-order valence-corrected chi connectivity index (χ2v) is 6.20. The molecule has 0 aliphatic rings. The first kappa shape index (κ1) is 11.5. The largest absolute Gasteiger partial charge is 0.198 e. The smallest absolute Gasteiger partial charge is 0.174 e. The van der Waals surface area contributed by atoms with Gasteiger partial charge in [0, 0.05) is 5.75 Å². The van der Waals surface area contributed by atoms with Crippen LogP contribution in [0.5, 0.6) is 0 Å². The fraction of sp³-hybridized carbons (Fsp3) is 0.667. The van der Waals surface area contributed by atoms with E-state index >= 15 is 0 Å². The first-order valence-corrected chi connectivity index (χ1v) is 6.18. The van der Waals surface area contributed by atoms with Gasteiger partial charge in [0.05, 0.1) is 11.5 Å². The van der Waals surface area contributed by atoms with Gasteiger partial charge in [-0.05, 0) is 27.2 Å². The molecule has 76 valence electrons. The summed E-state index contributed by atoms with van der Waals surface area (Å²) in [7, 11) is 0. The second-order valence-electron chi connectivity index (χ2n) is 3.68. The standard InChI is InChI=1S/C9H13N3S2/c1-7-11-12-8(14-7)13-5-4-9(2,3)6-10/h4-5H2,1-3H3. The van der Waals surface area contributed by atoms with Crippen molar-refractivity contribution in [2.45, 2.75) is 31.5 Å². The maximum Gasteiger partial charge on any atom is 0.174 e. The zero-order valence-electron chi connectivity index (χ0n) is 8.57. The van der Waals surface area contributed by atoms with E-state index in [0.717, 1.165) is 21.5 Å². The van der Waals surface area contributed by atoms with Crippen LogP contribution in [0.15, 0.2) is 4.34 Å². The molecule has 0 bridgehead atoms. The molecule has 1 aromatic rings. The van der Waals surface area contributed by atoms with E-state index in [0.29, 0.717) is 0 Å². The molecule has 0 spiro atoms. The Morgan fingerprint density at radius 1 is 1.50 bits per heavy atom. The number of rotatable bonds is 4. The van der Waals surface area contributed by atoms with Gasteiger partial charge in [-0.25, -0.2) is 0 Å². The lowest BCUT2D eigenvalue weighted by atomic mass is 9.93. The molecule has 5 heteroatoms. The summed E-state index contributed by atoms with van der Waals surface area (Å²) < 4.78 is 0.997. The van der Waals surface area contributed by atoms with Gasteiger partial charge in [0.2, 0.25) is 0 Å².